The fraction of sp³-hybridized carbons (Fsp3) is 0.435. The van der Waals surface area contributed by atoms with Crippen LogP contribution in [0.25, 0.3) is 0 Å². The number of amides is 1. The van der Waals surface area contributed by atoms with Gasteiger partial charge in [0.1, 0.15) is 5.92 Å². The monoisotopic (exact) mass is 493 g/mol. The predicted octanol–water partition coefficient (Wildman–Crippen LogP) is 2.08. The molecule has 0 aromatic heterocycles. The number of sulfonamides is 1. The first-order valence-corrected chi connectivity index (χ1v) is 12.2. The quantitative estimate of drug-likeness (QED) is 0.526. The average molecular weight is 494 g/mol. The summed E-state index contributed by atoms with van der Waals surface area (Å²) in [6, 6.07) is 4.45. The lowest BCUT2D eigenvalue weighted by Gasteiger charge is -2.29. The first kappa shape index (κ1) is 27.1. The highest BCUT2D eigenvalue weighted by atomic mass is 32.2. The van der Waals surface area contributed by atoms with Crippen molar-refractivity contribution in [2.75, 3.05) is 32.6 Å². The van der Waals surface area contributed by atoms with Gasteiger partial charge in [-0.05, 0) is 52.3 Å². The van der Waals surface area contributed by atoms with Gasteiger partial charge in [0.25, 0.3) is 0 Å². The van der Waals surface area contributed by atoms with E-state index < -0.39 is 33.8 Å². The van der Waals surface area contributed by atoms with Crippen LogP contribution >= 0.6 is 0 Å². The maximum Gasteiger partial charge on any atom is 0.336 e. The van der Waals surface area contributed by atoms with Gasteiger partial charge >= 0.3 is 11.9 Å². The third-order valence-electron chi connectivity index (χ3n) is 5.23. The van der Waals surface area contributed by atoms with E-state index in [2.05, 4.69) is 10.6 Å². The Hall–Kier alpha value is -3.18. The number of ether oxygens (including phenoxy) is 2. The maximum absolute atomic E-state index is 13.5. The fourth-order valence-corrected chi connectivity index (χ4v) is 4.73. The molecular formula is C23H31N3O7S. The summed E-state index contributed by atoms with van der Waals surface area (Å²) >= 11 is 0. The zero-order chi connectivity index (χ0) is 25.8. The van der Waals surface area contributed by atoms with E-state index in [-0.39, 0.29) is 34.9 Å². The van der Waals surface area contributed by atoms with E-state index in [1.54, 1.807) is 46.8 Å². The van der Waals surface area contributed by atoms with Crippen molar-refractivity contribution >= 4 is 33.6 Å². The molecule has 0 atom stereocenters. The summed E-state index contributed by atoms with van der Waals surface area (Å²) in [6.45, 7) is 8.26. The summed E-state index contributed by atoms with van der Waals surface area (Å²) in [5.74, 6) is -3.53. The number of nitrogens with one attached hydrogen (secondary N) is 2. The smallest absolute Gasteiger partial charge is 0.336 e. The molecular weight excluding hydrogens is 462 g/mol. The summed E-state index contributed by atoms with van der Waals surface area (Å²) in [4.78, 5) is 39.0. The Bertz CT molecular complexity index is 1130. The highest BCUT2D eigenvalue weighted by Gasteiger charge is 2.41. The van der Waals surface area contributed by atoms with Crippen LogP contribution in [0.15, 0.2) is 45.6 Å². The molecule has 34 heavy (non-hydrogen) atoms. The van der Waals surface area contributed by atoms with Gasteiger partial charge in [-0.2, -0.15) is 0 Å². The van der Waals surface area contributed by atoms with Crippen molar-refractivity contribution in [3.05, 3.63) is 46.3 Å². The van der Waals surface area contributed by atoms with Crippen LogP contribution in [0.3, 0.4) is 0 Å². The lowest BCUT2D eigenvalue weighted by atomic mass is 9.84. The minimum atomic E-state index is -3.77. The Labute approximate surface area is 200 Å². The van der Waals surface area contributed by atoms with Crippen LogP contribution in [0.5, 0.6) is 0 Å². The summed E-state index contributed by atoms with van der Waals surface area (Å²) < 4.78 is 36.7. The summed E-state index contributed by atoms with van der Waals surface area (Å²) in [5, 5.41) is 5.60. The van der Waals surface area contributed by atoms with Gasteiger partial charge in [-0.25, -0.2) is 22.3 Å². The molecule has 1 aromatic rings. The second-order valence-corrected chi connectivity index (χ2v) is 9.95. The number of hydrogen-bond donors (Lipinski definition) is 2. The molecule has 10 nitrogen and oxygen atoms in total. The largest absolute Gasteiger partial charge is 0.463 e. The molecule has 0 radical (unpaired) electrons. The minimum absolute atomic E-state index is 0.0234. The standard InChI is InChI=1S/C23H31N3O7S/c1-8-32-22(28)18-14(4)24-15(5)19(23(29)33-9-2)20(18)21(27)25-16-11-10-13(3)17(12-16)34(30,31)26(6)7/h10-12,20,24H,8-9H2,1-7H3,(H,25,27). The molecule has 0 aliphatic carbocycles. The molecule has 0 bridgehead atoms. The summed E-state index contributed by atoms with van der Waals surface area (Å²) in [6.07, 6.45) is 0. The van der Waals surface area contributed by atoms with E-state index >= 15 is 0 Å². The highest BCUT2D eigenvalue weighted by molar-refractivity contribution is 7.89. The first-order valence-electron chi connectivity index (χ1n) is 10.7. The van der Waals surface area contributed by atoms with Crippen LogP contribution in [0.1, 0.15) is 33.3 Å². The zero-order valence-electron chi connectivity index (χ0n) is 20.4. The van der Waals surface area contributed by atoms with E-state index in [0.717, 1.165) is 4.31 Å². The molecule has 2 rings (SSSR count). The van der Waals surface area contributed by atoms with Gasteiger partial charge in [-0.1, -0.05) is 6.07 Å². The fourth-order valence-electron chi connectivity index (χ4n) is 3.58. The number of carbonyl (C=O) groups excluding carboxylic acids is 3. The van der Waals surface area contributed by atoms with E-state index in [1.807, 2.05) is 0 Å². The van der Waals surface area contributed by atoms with Crippen molar-refractivity contribution in [3.8, 4) is 0 Å². The van der Waals surface area contributed by atoms with Crippen LogP contribution in [0, 0.1) is 12.8 Å². The number of esters is 2. The van der Waals surface area contributed by atoms with Gasteiger partial charge < -0.3 is 20.1 Å². The Morgan fingerprint density at radius 3 is 1.91 bits per heavy atom. The number of nitrogens with zero attached hydrogens (tertiary/aromatic N) is 1. The number of carbonyl (C=O) groups is 3. The van der Waals surface area contributed by atoms with Crippen LogP contribution in [0.2, 0.25) is 0 Å². The van der Waals surface area contributed by atoms with Crippen LogP contribution in [-0.2, 0) is 33.9 Å². The van der Waals surface area contributed by atoms with Crippen molar-refractivity contribution < 1.29 is 32.3 Å². The van der Waals surface area contributed by atoms with Crippen LogP contribution in [-0.4, -0.2) is 57.9 Å². The molecule has 0 fully saturated rings. The maximum atomic E-state index is 13.5. The number of aryl methyl sites for hydroxylation is 1. The lowest BCUT2D eigenvalue weighted by Crippen LogP contribution is -2.39. The second-order valence-electron chi connectivity index (χ2n) is 7.83. The molecule has 0 saturated heterocycles. The molecule has 186 valence electrons. The van der Waals surface area contributed by atoms with Crippen molar-refractivity contribution in [3.63, 3.8) is 0 Å². The van der Waals surface area contributed by atoms with Crippen LogP contribution in [0.4, 0.5) is 5.69 Å². The van der Waals surface area contributed by atoms with Gasteiger partial charge in [-0.3, -0.25) is 4.79 Å². The molecule has 1 aliphatic rings. The molecule has 1 aliphatic heterocycles. The van der Waals surface area contributed by atoms with Gasteiger partial charge in [-0.15, -0.1) is 0 Å². The van der Waals surface area contributed by atoms with E-state index in [0.29, 0.717) is 17.0 Å². The van der Waals surface area contributed by atoms with E-state index in [1.165, 1.54) is 20.2 Å². The molecule has 0 saturated carbocycles. The minimum Gasteiger partial charge on any atom is -0.463 e. The Morgan fingerprint density at radius 2 is 1.47 bits per heavy atom. The van der Waals surface area contributed by atoms with Crippen molar-refractivity contribution in [2.24, 2.45) is 5.92 Å². The van der Waals surface area contributed by atoms with E-state index in [4.69, 9.17) is 9.47 Å². The van der Waals surface area contributed by atoms with Crippen molar-refractivity contribution in [1.29, 1.82) is 0 Å². The molecule has 1 amide bonds. The number of allylic oxidation sites excluding steroid dienone is 2. The van der Waals surface area contributed by atoms with Crippen molar-refractivity contribution in [1.82, 2.24) is 9.62 Å². The SMILES string of the molecule is CCOC(=O)C1=C(C)NC(C)=C(C(=O)OCC)C1C(=O)Nc1ccc(C)c(S(=O)(=O)N(C)C)c1. The number of hydrogen-bond acceptors (Lipinski definition) is 8. The van der Waals surface area contributed by atoms with Gasteiger partial charge in [0.2, 0.25) is 15.9 Å². The molecule has 11 heteroatoms. The number of dihydropyridines is 1. The molecule has 0 unspecified atom stereocenters. The van der Waals surface area contributed by atoms with E-state index in [9.17, 15) is 22.8 Å². The average Bonchev–Trinajstić information content (AvgIpc) is 2.74. The second kappa shape index (κ2) is 10.8. The molecule has 2 N–H and O–H groups in total. The Kier molecular flexibility index (Phi) is 8.62. The third-order valence-corrected chi connectivity index (χ3v) is 7.18. The van der Waals surface area contributed by atoms with Gasteiger partial charge in [0, 0.05) is 31.2 Å². The molecule has 1 heterocycles. The topological polar surface area (TPSA) is 131 Å². The van der Waals surface area contributed by atoms with Gasteiger partial charge in [0.05, 0.1) is 29.3 Å². The predicted molar refractivity (Wildman–Crippen MR) is 126 cm³/mol. The third kappa shape index (κ3) is 5.48. The van der Waals surface area contributed by atoms with Crippen LogP contribution < -0.4 is 10.6 Å². The zero-order valence-corrected chi connectivity index (χ0v) is 21.3. The number of anilines is 1. The summed E-state index contributed by atoms with van der Waals surface area (Å²) in [5.41, 5.74) is 1.37. The molecule has 0 spiro atoms. The number of rotatable bonds is 8. The Balaban J connectivity index is 2.57. The number of benzene rings is 1. The highest BCUT2D eigenvalue weighted by Crippen LogP contribution is 2.33. The summed E-state index contributed by atoms with van der Waals surface area (Å²) in [7, 11) is -0.946. The first-order chi connectivity index (χ1) is 15.9. The Morgan fingerprint density at radius 1 is 0.971 bits per heavy atom. The lowest BCUT2D eigenvalue weighted by molar-refractivity contribution is -0.142. The molecule has 1 aromatic carbocycles. The van der Waals surface area contributed by atoms with Gasteiger partial charge in [0.15, 0.2) is 0 Å². The van der Waals surface area contributed by atoms with Crippen molar-refractivity contribution in [2.45, 2.75) is 39.5 Å². The normalized spacial score (nSPS) is 14.7.